The first-order valence-corrected chi connectivity index (χ1v) is 7.89. The van der Waals surface area contributed by atoms with E-state index in [2.05, 4.69) is 14.1 Å². The molecule has 0 spiro atoms. The van der Waals surface area contributed by atoms with Gasteiger partial charge in [-0.25, -0.2) is 0 Å². The molecule has 1 aliphatic rings. The Kier molecular flexibility index (Phi) is 5.31. The highest BCUT2D eigenvalue weighted by atomic mass is 35.5. The summed E-state index contributed by atoms with van der Waals surface area (Å²) < 4.78 is 6.03. The normalized spacial score (nSPS) is 18.4. The van der Waals surface area contributed by atoms with E-state index in [0.29, 0.717) is 5.75 Å². The van der Waals surface area contributed by atoms with Crippen molar-refractivity contribution < 1.29 is 19.4 Å². The van der Waals surface area contributed by atoms with Crippen molar-refractivity contribution in [2.24, 2.45) is 0 Å². The molecule has 0 saturated carbocycles. The van der Waals surface area contributed by atoms with Crippen molar-refractivity contribution in [2.45, 2.75) is 18.9 Å². The fraction of sp³-hybridized carbons (Fsp3) is 0.368. The predicted molar refractivity (Wildman–Crippen MR) is 94.9 cm³/mol. The molecule has 0 aromatic heterocycles. The molecule has 0 radical (unpaired) electrons. The lowest BCUT2D eigenvalue weighted by Gasteiger charge is -2.43. The Morgan fingerprint density at radius 1 is 1.21 bits per heavy atom. The number of quaternary nitrogens is 1. The van der Waals surface area contributed by atoms with E-state index in [9.17, 15) is 10.2 Å². The van der Waals surface area contributed by atoms with Crippen LogP contribution in [0.2, 0.25) is 0 Å². The number of phenols is 1. The molecule has 5 heteroatoms. The third-order valence-corrected chi connectivity index (χ3v) is 4.95. The summed E-state index contributed by atoms with van der Waals surface area (Å²) in [6.07, 6.45) is 1.79. The molecule has 1 N–H and O–H groups in total. The van der Waals surface area contributed by atoms with Crippen LogP contribution in [0.3, 0.4) is 0 Å². The van der Waals surface area contributed by atoms with Crippen LogP contribution in [-0.2, 0) is 12.8 Å². The number of hydrogen-bond acceptors (Lipinski definition) is 3. The standard InChI is InChI=1S/C19H23NO3.ClH/c1-20(2)9-8-14-11-19(23-3)18(22)12-16(14)17(20)10-13-4-6-15(21)7-5-13;/h4-7,11-12,17H,8-10H2,1-3H3,(H-,21,22);1H/t17-;/m1./s1. The summed E-state index contributed by atoms with van der Waals surface area (Å²) in [5, 5.41) is 21.7. The van der Waals surface area contributed by atoms with Gasteiger partial charge in [0.05, 0.1) is 27.7 Å². The molecule has 1 aliphatic heterocycles. The molecule has 2 aromatic rings. The van der Waals surface area contributed by atoms with Crippen LogP contribution in [-0.4, -0.2) is 37.3 Å². The topological polar surface area (TPSA) is 52.5 Å². The van der Waals surface area contributed by atoms with E-state index < -0.39 is 0 Å². The van der Waals surface area contributed by atoms with Crippen molar-refractivity contribution >= 4 is 12.4 Å². The summed E-state index contributed by atoms with van der Waals surface area (Å²) >= 11 is 0. The van der Waals surface area contributed by atoms with E-state index in [0.717, 1.165) is 35.0 Å². The average molecular weight is 350 g/mol. The molecule has 2 aromatic carbocycles. The zero-order chi connectivity index (χ0) is 16.6. The molecular weight excluding hydrogens is 326 g/mol. The molecule has 0 bridgehead atoms. The quantitative estimate of drug-likeness (QED) is 0.867. The number of ether oxygens (including phenoxy) is 1. The summed E-state index contributed by atoms with van der Waals surface area (Å²) in [6.45, 7) is 1.02. The van der Waals surface area contributed by atoms with E-state index in [1.165, 1.54) is 5.56 Å². The zero-order valence-electron chi connectivity index (χ0n) is 14.3. The third-order valence-electron chi connectivity index (χ3n) is 4.95. The minimum atomic E-state index is -0.0520. The average Bonchev–Trinajstić information content (AvgIpc) is 2.52. The van der Waals surface area contributed by atoms with Crippen LogP contribution in [0.15, 0.2) is 36.4 Å². The van der Waals surface area contributed by atoms with Crippen LogP contribution in [0, 0.1) is 0 Å². The number of aromatic hydroxyl groups is 1. The second kappa shape index (κ2) is 6.91. The molecule has 0 aliphatic carbocycles. The largest absolute Gasteiger partial charge is 0.870 e. The third kappa shape index (κ3) is 3.45. The monoisotopic (exact) mass is 349 g/mol. The van der Waals surface area contributed by atoms with Crippen molar-refractivity contribution in [1.29, 1.82) is 0 Å². The van der Waals surface area contributed by atoms with E-state index in [1.807, 2.05) is 18.2 Å². The minimum absolute atomic E-state index is 0. The second-order valence-corrected chi connectivity index (χ2v) is 6.84. The molecule has 0 amide bonds. The SMILES string of the molecule is COc1cc2c(cc1[O-])[C@@H](Cc1ccc(O)cc1)[N+](C)(C)CC2.Cl. The van der Waals surface area contributed by atoms with E-state index >= 15 is 0 Å². The number of rotatable bonds is 3. The fourth-order valence-electron chi connectivity index (χ4n) is 3.46. The molecule has 0 saturated heterocycles. The van der Waals surface area contributed by atoms with Crippen LogP contribution in [0.4, 0.5) is 0 Å². The van der Waals surface area contributed by atoms with Crippen LogP contribution in [0.1, 0.15) is 22.7 Å². The fourth-order valence-corrected chi connectivity index (χ4v) is 3.46. The number of hydrogen-bond donors (Lipinski definition) is 1. The summed E-state index contributed by atoms with van der Waals surface area (Å²) in [7, 11) is 5.96. The molecular formula is C19H24ClNO3. The number of nitrogens with zero attached hydrogens (tertiary/aromatic N) is 1. The Hall–Kier alpha value is -1.91. The Bertz CT molecular complexity index is 713. The Labute approximate surface area is 149 Å². The van der Waals surface area contributed by atoms with Crippen LogP contribution in [0.5, 0.6) is 17.2 Å². The number of benzene rings is 2. The molecule has 0 unspecified atom stereocenters. The number of phenolic OH excluding ortho intramolecular Hbond substituents is 1. The smallest absolute Gasteiger partial charge is 0.119 e. The van der Waals surface area contributed by atoms with Gasteiger partial charge in [0, 0.05) is 18.4 Å². The van der Waals surface area contributed by atoms with E-state index in [-0.39, 0.29) is 29.9 Å². The van der Waals surface area contributed by atoms with Gasteiger partial charge in [0.2, 0.25) is 0 Å². The van der Waals surface area contributed by atoms with Gasteiger partial charge in [0.25, 0.3) is 0 Å². The summed E-state index contributed by atoms with van der Waals surface area (Å²) in [5.41, 5.74) is 3.50. The Balaban J connectivity index is 0.00000208. The van der Waals surface area contributed by atoms with Gasteiger partial charge in [-0.05, 0) is 29.3 Å². The van der Waals surface area contributed by atoms with Crippen LogP contribution >= 0.6 is 12.4 Å². The number of fused-ring (bicyclic) bond motifs is 1. The van der Waals surface area contributed by atoms with Gasteiger partial charge in [0.15, 0.2) is 0 Å². The van der Waals surface area contributed by atoms with Crippen molar-refractivity contribution in [2.75, 3.05) is 27.7 Å². The van der Waals surface area contributed by atoms with Gasteiger partial charge < -0.3 is 19.4 Å². The van der Waals surface area contributed by atoms with Gasteiger partial charge >= 0.3 is 0 Å². The van der Waals surface area contributed by atoms with Crippen LogP contribution < -0.4 is 9.84 Å². The first kappa shape index (κ1) is 18.4. The summed E-state index contributed by atoms with van der Waals surface area (Å²) in [6, 6.07) is 11.2. The predicted octanol–water partition coefficient (Wildman–Crippen LogP) is 2.81. The number of likely N-dealkylation sites (N-methyl/N-ethyl adjacent to an activating group) is 1. The molecule has 1 heterocycles. The molecule has 0 fully saturated rings. The number of methoxy groups -OCH3 is 1. The zero-order valence-corrected chi connectivity index (χ0v) is 15.1. The molecule has 24 heavy (non-hydrogen) atoms. The lowest BCUT2D eigenvalue weighted by Crippen LogP contribution is -2.48. The molecule has 3 rings (SSSR count). The lowest BCUT2D eigenvalue weighted by molar-refractivity contribution is -0.923. The van der Waals surface area contributed by atoms with E-state index in [1.54, 1.807) is 25.3 Å². The first-order chi connectivity index (χ1) is 10.9. The maximum atomic E-state index is 12.2. The lowest BCUT2D eigenvalue weighted by atomic mass is 9.87. The first-order valence-electron chi connectivity index (χ1n) is 7.89. The Morgan fingerprint density at radius 3 is 2.50 bits per heavy atom. The van der Waals surface area contributed by atoms with Gasteiger partial charge in [-0.15, -0.1) is 12.4 Å². The summed E-state index contributed by atoms with van der Waals surface area (Å²) in [5.74, 6) is 0.654. The molecule has 130 valence electrons. The maximum absolute atomic E-state index is 12.2. The van der Waals surface area contributed by atoms with Crippen molar-refractivity contribution in [3.8, 4) is 17.2 Å². The summed E-state index contributed by atoms with van der Waals surface area (Å²) in [4.78, 5) is 0. The number of halogens is 1. The van der Waals surface area contributed by atoms with Gasteiger partial charge in [0.1, 0.15) is 17.5 Å². The highest BCUT2D eigenvalue weighted by Crippen LogP contribution is 2.40. The van der Waals surface area contributed by atoms with Gasteiger partial charge in [-0.1, -0.05) is 23.9 Å². The van der Waals surface area contributed by atoms with Crippen molar-refractivity contribution in [3.63, 3.8) is 0 Å². The highest BCUT2D eigenvalue weighted by Gasteiger charge is 2.36. The van der Waals surface area contributed by atoms with Crippen molar-refractivity contribution in [3.05, 3.63) is 53.1 Å². The van der Waals surface area contributed by atoms with Crippen molar-refractivity contribution in [1.82, 2.24) is 0 Å². The molecule has 1 atom stereocenters. The second-order valence-electron chi connectivity index (χ2n) is 6.84. The molecule has 4 nitrogen and oxygen atoms in total. The van der Waals surface area contributed by atoms with Gasteiger partial charge in [-0.3, -0.25) is 0 Å². The minimum Gasteiger partial charge on any atom is -0.870 e. The Morgan fingerprint density at radius 2 is 1.88 bits per heavy atom. The van der Waals surface area contributed by atoms with Gasteiger partial charge in [-0.2, -0.15) is 0 Å². The van der Waals surface area contributed by atoms with E-state index in [4.69, 9.17) is 4.74 Å². The van der Waals surface area contributed by atoms with Crippen LogP contribution in [0.25, 0.3) is 0 Å². The highest BCUT2D eigenvalue weighted by molar-refractivity contribution is 5.85. The maximum Gasteiger partial charge on any atom is 0.119 e.